The van der Waals surface area contributed by atoms with E-state index in [0.717, 1.165) is 23.4 Å². The summed E-state index contributed by atoms with van der Waals surface area (Å²) < 4.78 is 6.32. The van der Waals surface area contributed by atoms with Crippen LogP contribution in [0.25, 0.3) is 11.3 Å². The second-order valence-corrected chi connectivity index (χ2v) is 4.09. The Labute approximate surface area is 105 Å². The molecule has 1 aromatic heterocycles. The average Bonchev–Trinajstić information content (AvgIpc) is 2.37. The van der Waals surface area contributed by atoms with Crippen LogP contribution in [0.4, 0.5) is 0 Å². The third kappa shape index (κ3) is 2.91. The van der Waals surface area contributed by atoms with E-state index in [2.05, 4.69) is 16.9 Å². The van der Waals surface area contributed by atoms with E-state index in [9.17, 15) is 0 Å². The third-order valence-electron chi connectivity index (χ3n) is 2.29. The van der Waals surface area contributed by atoms with Gasteiger partial charge in [-0.15, -0.1) is 0 Å². The Morgan fingerprint density at radius 2 is 2.12 bits per heavy atom. The van der Waals surface area contributed by atoms with E-state index in [4.69, 9.17) is 17.0 Å². The standard InChI is InChI=1S/C13H14N2OS/c1-2-7-16-12-6-4-3-5-10(12)11-8-14-9-13(17)15-11/h3-6,8-9H,2,7H2,1H3,(H,15,17). The molecule has 0 saturated carbocycles. The highest BCUT2D eigenvalue weighted by Crippen LogP contribution is 2.27. The van der Waals surface area contributed by atoms with Gasteiger partial charge in [-0.05, 0) is 18.6 Å². The van der Waals surface area contributed by atoms with Gasteiger partial charge in [-0.1, -0.05) is 31.3 Å². The molecule has 1 N–H and O–H groups in total. The topological polar surface area (TPSA) is 37.9 Å². The highest BCUT2D eigenvalue weighted by molar-refractivity contribution is 7.71. The van der Waals surface area contributed by atoms with Gasteiger partial charge >= 0.3 is 0 Å². The van der Waals surface area contributed by atoms with Gasteiger partial charge in [-0.3, -0.25) is 4.98 Å². The molecule has 0 aliphatic rings. The Bertz CT molecular complexity index is 551. The van der Waals surface area contributed by atoms with E-state index < -0.39 is 0 Å². The molecule has 4 heteroatoms. The average molecular weight is 246 g/mol. The van der Waals surface area contributed by atoms with Crippen LogP contribution in [0.2, 0.25) is 0 Å². The zero-order valence-corrected chi connectivity index (χ0v) is 10.5. The first-order valence-electron chi connectivity index (χ1n) is 5.58. The van der Waals surface area contributed by atoms with E-state index in [-0.39, 0.29) is 0 Å². The summed E-state index contributed by atoms with van der Waals surface area (Å²) in [6, 6.07) is 7.87. The van der Waals surface area contributed by atoms with Crippen LogP contribution in [-0.4, -0.2) is 16.6 Å². The molecule has 1 heterocycles. The van der Waals surface area contributed by atoms with Gasteiger partial charge in [0.2, 0.25) is 0 Å². The van der Waals surface area contributed by atoms with E-state index in [1.807, 2.05) is 24.3 Å². The van der Waals surface area contributed by atoms with Crippen LogP contribution < -0.4 is 4.74 Å². The lowest BCUT2D eigenvalue weighted by atomic mass is 10.1. The first-order valence-corrected chi connectivity index (χ1v) is 5.98. The largest absolute Gasteiger partial charge is 0.493 e. The molecule has 3 nitrogen and oxygen atoms in total. The zero-order chi connectivity index (χ0) is 12.1. The highest BCUT2D eigenvalue weighted by Gasteiger charge is 2.05. The molecule has 0 aliphatic heterocycles. The number of nitrogens with zero attached hydrogens (tertiary/aromatic N) is 1. The molecule has 0 spiro atoms. The minimum atomic E-state index is 0.618. The van der Waals surface area contributed by atoms with Crippen LogP contribution in [0.1, 0.15) is 13.3 Å². The maximum absolute atomic E-state index is 5.70. The normalized spacial score (nSPS) is 10.2. The summed E-state index contributed by atoms with van der Waals surface area (Å²) in [7, 11) is 0. The zero-order valence-electron chi connectivity index (χ0n) is 9.64. The summed E-state index contributed by atoms with van der Waals surface area (Å²) >= 11 is 5.07. The number of hydrogen-bond donors (Lipinski definition) is 1. The molecule has 0 fully saturated rings. The van der Waals surface area contributed by atoms with Crippen molar-refractivity contribution >= 4 is 12.2 Å². The minimum absolute atomic E-state index is 0.618. The fraction of sp³-hybridized carbons (Fsp3) is 0.231. The molecule has 0 unspecified atom stereocenters. The molecule has 2 rings (SSSR count). The molecule has 0 saturated heterocycles. The van der Waals surface area contributed by atoms with Crippen molar-refractivity contribution in [2.75, 3.05) is 6.61 Å². The highest BCUT2D eigenvalue weighted by atomic mass is 32.1. The summed E-state index contributed by atoms with van der Waals surface area (Å²) in [6.07, 6.45) is 4.36. The second-order valence-electron chi connectivity index (χ2n) is 3.65. The van der Waals surface area contributed by atoms with Crippen LogP contribution in [0, 0.1) is 4.64 Å². The molecule has 0 radical (unpaired) electrons. The number of rotatable bonds is 4. The van der Waals surface area contributed by atoms with E-state index in [1.165, 1.54) is 0 Å². The third-order valence-corrected chi connectivity index (χ3v) is 2.50. The maximum atomic E-state index is 5.70. The maximum Gasteiger partial charge on any atom is 0.128 e. The monoisotopic (exact) mass is 246 g/mol. The van der Waals surface area contributed by atoms with E-state index >= 15 is 0 Å². The number of aromatic nitrogens is 2. The van der Waals surface area contributed by atoms with Crippen molar-refractivity contribution in [1.29, 1.82) is 0 Å². The quantitative estimate of drug-likeness (QED) is 0.838. The molecular weight excluding hydrogens is 232 g/mol. The summed E-state index contributed by atoms with van der Waals surface area (Å²) in [4.78, 5) is 7.20. The molecule has 0 amide bonds. The van der Waals surface area contributed by atoms with Crippen molar-refractivity contribution in [1.82, 2.24) is 9.97 Å². The number of ether oxygens (including phenoxy) is 1. The lowest BCUT2D eigenvalue weighted by molar-refractivity contribution is 0.318. The summed E-state index contributed by atoms with van der Waals surface area (Å²) in [5, 5.41) is 0. The molecule has 0 atom stereocenters. The van der Waals surface area contributed by atoms with Crippen molar-refractivity contribution in [3.63, 3.8) is 0 Å². The first-order chi connectivity index (χ1) is 8.31. The number of H-pyrrole nitrogens is 1. The lowest BCUT2D eigenvalue weighted by Crippen LogP contribution is -1.97. The van der Waals surface area contributed by atoms with Crippen molar-refractivity contribution in [3.05, 3.63) is 41.3 Å². The van der Waals surface area contributed by atoms with Crippen molar-refractivity contribution < 1.29 is 4.74 Å². The number of hydrogen-bond acceptors (Lipinski definition) is 3. The summed E-state index contributed by atoms with van der Waals surface area (Å²) in [5.74, 6) is 0.855. The lowest BCUT2D eigenvalue weighted by Gasteiger charge is -2.10. The van der Waals surface area contributed by atoms with Crippen molar-refractivity contribution in [2.45, 2.75) is 13.3 Å². The molecule has 1 aromatic carbocycles. The van der Waals surface area contributed by atoms with Gasteiger partial charge in [0.05, 0.1) is 24.7 Å². The number of para-hydroxylation sites is 1. The molecular formula is C13H14N2OS. The fourth-order valence-electron chi connectivity index (χ4n) is 1.54. The second kappa shape index (κ2) is 5.59. The van der Waals surface area contributed by atoms with Gasteiger partial charge in [-0.25, -0.2) is 0 Å². The fourth-order valence-corrected chi connectivity index (χ4v) is 1.71. The van der Waals surface area contributed by atoms with Gasteiger partial charge in [0.1, 0.15) is 10.4 Å². The molecule has 88 valence electrons. The number of aromatic amines is 1. The van der Waals surface area contributed by atoms with E-state index in [0.29, 0.717) is 11.2 Å². The van der Waals surface area contributed by atoms with Crippen LogP contribution >= 0.6 is 12.2 Å². The van der Waals surface area contributed by atoms with Crippen LogP contribution in [0.3, 0.4) is 0 Å². The predicted molar refractivity (Wildman–Crippen MR) is 70.6 cm³/mol. The first kappa shape index (κ1) is 11.8. The minimum Gasteiger partial charge on any atom is -0.493 e. The smallest absolute Gasteiger partial charge is 0.128 e. The van der Waals surface area contributed by atoms with Crippen LogP contribution in [0.15, 0.2) is 36.7 Å². The van der Waals surface area contributed by atoms with Gasteiger partial charge in [0, 0.05) is 5.56 Å². The Morgan fingerprint density at radius 3 is 2.88 bits per heavy atom. The van der Waals surface area contributed by atoms with Gasteiger partial charge in [-0.2, -0.15) is 0 Å². The Morgan fingerprint density at radius 1 is 1.29 bits per heavy atom. The van der Waals surface area contributed by atoms with Gasteiger partial charge < -0.3 is 9.72 Å². The van der Waals surface area contributed by atoms with Crippen LogP contribution in [0.5, 0.6) is 5.75 Å². The molecule has 2 aromatic rings. The van der Waals surface area contributed by atoms with Gasteiger partial charge in [0.15, 0.2) is 0 Å². The number of benzene rings is 1. The van der Waals surface area contributed by atoms with Crippen LogP contribution in [-0.2, 0) is 0 Å². The van der Waals surface area contributed by atoms with Crippen molar-refractivity contribution in [3.8, 4) is 17.0 Å². The summed E-state index contributed by atoms with van der Waals surface area (Å²) in [6.45, 7) is 2.79. The SMILES string of the molecule is CCCOc1ccccc1-c1cncc(=S)[nH]1. The molecule has 17 heavy (non-hydrogen) atoms. The van der Waals surface area contributed by atoms with Crippen molar-refractivity contribution in [2.24, 2.45) is 0 Å². The Balaban J connectivity index is 2.40. The van der Waals surface area contributed by atoms with E-state index in [1.54, 1.807) is 12.4 Å². The van der Waals surface area contributed by atoms with Gasteiger partial charge in [0.25, 0.3) is 0 Å². The predicted octanol–water partition coefficient (Wildman–Crippen LogP) is 3.59. The molecule has 0 aliphatic carbocycles. The summed E-state index contributed by atoms with van der Waals surface area (Å²) in [5.41, 5.74) is 1.87. The number of nitrogens with one attached hydrogen (secondary N) is 1. The Hall–Kier alpha value is -1.68. The molecule has 0 bridgehead atoms. The Kier molecular flexibility index (Phi) is 3.88.